The van der Waals surface area contributed by atoms with Gasteiger partial charge in [-0.3, -0.25) is 0 Å². The lowest BCUT2D eigenvalue weighted by molar-refractivity contribution is -0.274. The summed E-state index contributed by atoms with van der Waals surface area (Å²) in [5.74, 6) is -0.874. The Kier molecular flexibility index (Phi) is 7.76. The summed E-state index contributed by atoms with van der Waals surface area (Å²) in [6, 6.07) is 7.84. The SMILES string of the molecule is Nc1c(N=CN2CCN(c3ncccc3C(F)(F)F)CC2)cc(C(F)(F)F)cc1-c1cccc(OC(F)(F)F)c1. The molecule has 6 nitrogen and oxygen atoms in total. The van der Waals surface area contributed by atoms with Crippen LogP contribution in [-0.2, 0) is 12.4 Å². The molecular formula is C25H20F9N5O. The van der Waals surface area contributed by atoms with Gasteiger partial charge in [0, 0.05) is 37.9 Å². The highest BCUT2D eigenvalue weighted by Gasteiger charge is 2.36. The van der Waals surface area contributed by atoms with Crippen LogP contribution in [0.5, 0.6) is 5.75 Å². The van der Waals surface area contributed by atoms with Gasteiger partial charge >= 0.3 is 18.7 Å². The lowest BCUT2D eigenvalue weighted by atomic mass is 9.99. The molecule has 0 atom stereocenters. The molecule has 0 aliphatic carbocycles. The van der Waals surface area contributed by atoms with E-state index in [1.54, 1.807) is 4.90 Å². The van der Waals surface area contributed by atoms with E-state index < -0.39 is 35.6 Å². The Morgan fingerprint density at radius 1 is 0.850 bits per heavy atom. The van der Waals surface area contributed by atoms with Crippen molar-refractivity contribution < 1.29 is 44.3 Å². The van der Waals surface area contributed by atoms with Crippen molar-refractivity contribution in [2.45, 2.75) is 18.7 Å². The molecule has 1 fully saturated rings. The maximum Gasteiger partial charge on any atom is 0.573 e. The number of nitrogens with zero attached hydrogens (tertiary/aromatic N) is 4. The van der Waals surface area contributed by atoms with Crippen LogP contribution in [0.25, 0.3) is 11.1 Å². The van der Waals surface area contributed by atoms with Gasteiger partial charge in [-0.15, -0.1) is 13.2 Å². The maximum atomic E-state index is 13.6. The number of piperazine rings is 1. The van der Waals surface area contributed by atoms with Crippen molar-refractivity contribution in [3.05, 3.63) is 65.9 Å². The number of hydrogen-bond acceptors (Lipinski definition) is 5. The van der Waals surface area contributed by atoms with Crippen molar-refractivity contribution in [3.63, 3.8) is 0 Å². The van der Waals surface area contributed by atoms with Crippen molar-refractivity contribution in [2.24, 2.45) is 4.99 Å². The molecule has 1 aliphatic heterocycles. The van der Waals surface area contributed by atoms with Crippen molar-refractivity contribution in [3.8, 4) is 16.9 Å². The summed E-state index contributed by atoms with van der Waals surface area (Å²) >= 11 is 0. The lowest BCUT2D eigenvalue weighted by Crippen LogP contribution is -2.46. The standard InChI is InChI=1S/C25H20F9N5O/c26-23(27,28)16-12-18(15-3-1-4-17(11-15)40-25(32,33)34)21(35)20(13-16)37-14-38-7-9-39(10-8-38)22-19(24(29,30)31)5-2-6-36-22/h1-6,11-14H,7-10,35H2. The molecule has 0 bridgehead atoms. The zero-order valence-electron chi connectivity index (χ0n) is 20.3. The number of anilines is 2. The minimum absolute atomic E-state index is 0.0637. The second-order valence-corrected chi connectivity index (χ2v) is 8.67. The molecule has 2 heterocycles. The summed E-state index contributed by atoms with van der Waals surface area (Å²) in [4.78, 5) is 11.0. The molecule has 1 saturated heterocycles. The Bertz CT molecular complexity index is 1380. The van der Waals surface area contributed by atoms with E-state index in [0.29, 0.717) is 12.1 Å². The van der Waals surface area contributed by atoms with Crippen LogP contribution in [0.3, 0.4) is 0 Å². The number of nitrogens with two attached hydrogens (primary N) is 1. The van der Waals surface area contributed by atoms with Crippen molar-refractivity contribution in [1.29, 1.82) is 0 Å². The molecule has 2 aromatic carbocycles. The van der Waals surface area contributed by atoms with Gasteiger partial charge in [-0.2, -0.15) is 26.3 Å². The lowest BCUT2D eigenvalue weighted by Gasteiger charge is -2.35. The highest BCUT2D eigenvalue weighted by atomic mass is 19.4. The van der Waals surface area contributed by atoms with E-state index in [2.05, 4.69) is 14.7 Å². The fourth-order valence-corrected chi connectivity index (χ4v) is 4.07. The third kappa shape index (κ3) is 6.87. The number of nitrogen functional groups attached to an aromatic ring is 1. The average Bonchev–Trinajstić information content (AvgIpc) is 2.86. The molecule has 0 saturated carbocycles. The summed E-state index contributed by atoms with van der Waals surface area (Å²) in [6.07, 6.45) is -12.0. The van der Waals surface area contributed by atoms with Crippen LogP contribution in [0.2, 0.25) is 0 Å². The summed E-state index contributed by atoms with van der Waals surface area (Å²) in [7, 11) is 0. The number of halogens is 9. The van der Waals surface area contributed by atoms with E-state index in [-0.39, 0.29) is 54.5 Å². The normalized spacial score (nSPS) is 15.1. The van der Waals surface area contributed by atoms with Crippen LogP contribution in [0.4, 0.5) is 56.7 Å². The quantitative estimate of drug-likeness (QED) is 0.157. The maximum absolute atomic E-state index is 13.6. The average molecular weight is 577 g/mol. The van der Waals surface area contributed by atoms with Crippen molar-refractivity contribution >= 4 is 23.5 Å². The Morgan fingerprint density at radius 3 is 2.17 bits per heavy atom. The minimum Gasteiger partial charge on any atom is -0.406 e. The van der Waals surface area contributed by atoms with E-state index in [9.17, 15) is 39.5 Å². The van der Waals surface area contributed by atoms with E-state index in [1.807, 2.05) is 0 Å². The molecule has 40 heavy (non-hydrogen) atoms. The summed E-state index contributed by atoms with van der Waals surface area (Å²) in [5, 5.41) is 0. The Morgan fingerprint density at radius 2 is 1.55 bits per heavy atom. The second-order valence-electron chi connectivity index (χ2n) is 8.67. The van der Waals surface area contributed by atoms with Crippen LogP contribution in [0.1, 0.15) is 11.1 Å². The van der Waals surface area contributed by atoms with Crippen LogP contribution in [0, 0.1) is 0 Å². The highest BCUT2D eigenvalue weighted by molar-refractivity contribution is 5.87. The van der Waals surface area contributed by atoms with E-state index in [0.717, 1.165) is 18.2 Å². The Balaban J connectivity index is 1.58. The number of alkyl halides is 9. The third-order valence-corrected chi connectivity index (χ3v) is 5.93. The van der Waals surface area contributed by atoms with Crippen LogP contribution in [0.15, 0.2) is 59.7 Å². The van der Waals surface area contributed by atoms with Gasteiger partial charge in [0.25, 0.3) is 0 Å². The van der Waals surface area contributed by atoms with Gasteiger partial charge in [-0.25, -0.2) is 9.98 Å². The largest absolute Gasteiger partial charge is 0.573 e. The third-order valence-electron chi connectivity index (χ3n) is 5.93. The molecule has 1 aliphatic rings. The highest BCUT2D eigenvalue weighted by Crippen LogP contribution is 2.42. The summed E-state index contributed by atoms with van der Waals surface area (Å²) in [6.45, 7) is 0.614. The van der Waals surface area contributed by atoms with Gasteiger partial charge in [-0.1, -0.05) is 12.1 Å². The van der Waals surface area contributed by atoms with Gasteiger partial charge in [0.1, 0.15) is 11.6 Å². The first-order valence-corrected chi connectivity index (χ1v) is 11.5. The zero-order chi connectivity index (χ0) is 29.3. The molecular weight excluding hydrogens is 557 g/mol. The van der Waals surface area contributed by atoms with Crippen LogP contribution < -0.4 is 15.4 Å². The first-order chi connectivity index (χ1) is 18.6. The van der Waals surface area contributed by atoms with Gasteiger partial charge < -0.3 is 20.3 Å². The molecule has 2 N–H and O–H groups in total. The predicted octanol–water partition coefficient (Wildman–Crippen LogP) is 6.75. The molecule has 0 spiro atoms. The molecule has 214 valence electrons. The number of aromatic nitrogens is 1. The molecule has 0 unspecified atom stereocenters. The van der Waals surface area contributed by atoms with E-state index in [4.69, 9.17) is 5.73 Å². The Labute approximate surface area is 221 Å². The zero-order valence-corrected chi connectivity index (χ0v) is 20.3. The fraction of sp³-hybridized carbons (Fsp3) is 0.280. The molecule has 4 rings (SSSR count). The number of rotatable bonds is 5. The van der Waals surface area contributed by atoms with E-state index in [1.165, 1.54) is 35.6 Å². The van der Waals surface area contributed by atoms with Gasteiger partial charge in [0.15, 0.2) is 0 Å². The molecule has 1 aromatic heterocycles. The number of benzene rings is 2. The van der Waals surface area contributed by atoms with Crippen molar-refractivity contribution in [1.82, 2.24) is 9.88 Å². The molecule has 15 heteroatoms. The topological polar surface area (TPSA) is 67.0 Å². The molecule has 3 aromatic rings. The summed E-state index contributed by atoms with van der Waals surface area (Å²) in [5.41, 5.74) is 3.28. The van der Waals surface area contributed by atoms with Gasteiger partial charge in [0.05, 0.1) is 28.8 Å². The monoisotopic (exact) mass is 577 g/mol. The molecule has 0 radical (unpaired) electrons. The van der Waals surface area contributed by atoms with Gasteiger partial charge in [0.2, 0.25) is 0 Å². The van der Waals surface area contributed by atoms with Crippen molar-refractivity contribution in [2.75, 3.05) is 36.8 Å². The smallest absolute Gasteiger partial charge is 0.406 e. The van der Waals surface area contributed by atoms with E-state index >= 15 is 0 Å². The second kappa shape index (κ2) is 10.8. The first kappa shape index (κ1) is 28.8. The van der Waals surface area contributed by atoms with Crippen LogP contribution >= 0.6 is 0 Å². The number of pyridine rings is 1. The Hall–Kier alpha value is -4.17. The van der Waals surface area contributed by atoms with Gasteiger partial charge in [-0.05, 0) is 42.0 Å². The number of ether oxygens (including phenoxy) is 1. The number of hydrogen-bond donors (Lipinski definition) is 1. The van der Waals surface area contributed by atoms with Crippen LogP contribution in [-0.4, -0.2) is 48.8 Å². The number of aliphatic imine (C=N–C) groups is 1. The fourth-order valence-electron chi connectivity index (χ4n) is 4.07. The summed E-state index contributed by atoms with van der Waals surface area (Å²) < 4.78 is 123. The minimum atomic E-state index is -5.01. The molecule has 0 amide bonds. The first-order valence-electron chi connectivity index (χ1n) is 11.5. The predicted molar refractivity (Wildman–Crippen MR) is 129 cm³/mol.